The van der Waals surface area contributed by atoms with Crippen LogP contribution in [0.4, 0.5) is 11.4 Å². The van der Waals surface area contributed by atoms with E-state index < -0.39 is 15.9 Å². The van der Waals surface area contributed by atoms with Gasteiger partial charge in [0.25, 0.3) is 15.9 Å². The minimum atomic E-state index is -4.03. The third kappa shape index (κ3) is 4.76. The molecule has 7 nitrogen and oxygen atoms in total. The number of halogens is 2. The summed E-state index contributed by atoms with van der Waals surface area (Å²) in [6.45, 7) is 6.98. The molecule has 0 spiro atoms. The van der Waals surface area contributed by atoms with Gasteiger partial charge in [0.1, 0.15) is 11.4 Å². The highest BCUT2D eigenvalue weighted by Crippen LogP contribution is 2.29. The highest BCUT2D eigenvalue weighted by molar-refractivity contribution is 7.92. The summed E-state index contributed by atoms with van der Waals surface area (Å²) in [4.78, 5) is 12.7. The van der Waals surface area contributed by atoms with Crippen molar-refractivity contribution in [3.63, 3.8) is 0 Å². The summed E-state index contributed by atoms with van der Waals surface area (Å²) in [5.74, 6) is -0.163. The average Bonchev–Trinajstić information content (AvgIpc) is 3.05. The Bertz CT molecular complexity index is 1220. The van der Waals surface area contributed by atoms with Crippen LogP contribution in [0.25, 0.3) is 0 Å². The number of nitrogens with zero attached hydrogens (tertiary/aromatic N) is 2. The lowest BCUT2D eigenvalue weighted by molar-refractivity contribution is 0.102. The van der Waals surface area contributed by atoms with Crippen LogP contribution in [-0.2, 0) is 10.0 Å². The smallest absolute Gasteiger partial charge is 0.264 e. The molecule has 0 atom stereocenters. The molecule has 0 radical (unpaired) electrons. The number of carbonyl (C=O) groups excluding carboxylic acids is 1. The van der Waals surface area contributed by atoms with Crippen LogP contribution in [0.1, 0.15) is 21.8 Å². The van der Waals surface area contributed by atoms with E-state index in [2.05, 4.69) is 17.1 Å². The first-order chi connectivity index (χ1) is 14.6. The highest BCUT2D eigenvalue weighted by Gasteiger charge is 2.26. The van der Waals surface area contributed by atoms with Gasteiger partial charge >= 0.3 is 0 Å². The molecule has 1 heterocycles. The summed E-state index contributed by atoms with van der Waals surface area (Å²) >= 11 is 12.1. The number of amides is 1. The molecule has 0 aliphatic carbocycles. The fourth-order valence-corrected chi connectivity index (χ4v) is 4.67. The van der Waals surface area contributed by atoms with Gasteiger partial charge in [-0.3, -0.25) is 9.10 Å². The second-order valence-electron chi connectivity index (χ2n) is 6.60. The van der Waals surface area contributed by atoms with E-state index >= 15 is 0 Å². The summed E-state index contributed by atoms with van der Waals surface area (Å²) in [6.07, 6.45) is 1.47. The molecule has 0 aliphatic rings. The molecule has 2 aromatic carbocycles. The zero-order valence-electron chi connectivity index (χ0n) is 16.7. The first-order valence-electron chi connectivity index (χ1n) is 9.08. The summed E-state index contributed by atoms with van der Waals surface area (Å²) in [6, 6.07) is 10.3. The van der Waals surface area contributed by atoms with Gasteiger partial charge in [0, 0.05) is 5.02 Å². The van der Waals surface area contributed by atoms with Gasteiger partial charge in [-0.15, -0.1) is 6.58 Å². The molecule has 0 fully saturated rings. The van der Waals surface area contributed by atoms with Crippen LogP contribution in [0, 0.1) is 13.8 Å². The fourth-order valence-electron chi connectivity index (χ4n) is 2.88. The molecule has 1 aromatic heterocycles. The maximum absolute atomic E-state index is 13.4. The van der Waals surface area contributed by atoms with Gasteiger partial charge in [-0.05, 0) is 56.3 Å². The largest absolute Gasteiger partial charge is 0.359 e. The van der Waals surface area contributed by atoms with Crippen molar-refractivity contribution >= 4 is 50.5 Å². The summed E-state index contributed by atoms with van der Waals surface area (Å²) in [7, 11) is -4.03. The Morgan fingerprint density at radius 1 is 1.19 bits per heavy atom. The van der Waals surface area contributed by atoms with Gasteiger partial charge in [0.05, 0.1) is 27.7 Å². The minimum absolute atomic E-state index is 0.00241. The molecule has 1 amide bonds. The standard InChI is InChI=1S/C21H19Cl2N3O4S/c1-4-11-26(16-7-5-15(22)6-8-16)31(28,29)17-9-10-19(23)18(12-17)21(27)24-20-13(2)25-30-14(20)3/h4-10,12H,1,11H2,2-3H3,(H,24,27). The van der Waals surface area contributed by atoms with Gasteiger partial charge in [-0.2, -0.15) is 0 Å². The van der Waals surface area contributed by atoms with E-state index in [1.54, 1.807) is 38.1 Å². The van der Waals surface area contributed by atoms with E-state index in [1.165, 1.54) is 24.3 Å². The molecule has 0 saturated heterocycles. The highest BCUT2D eigenvalue weighted by atomic mass is 35.5. The molecule has 0 saturated carbocycles. The van der Waals surface area contributed by atoms with E-state index in [9.17, 15) is 13.2 Å². The van der Waals surface area contributed by atoms with Crippen molar-refractivity contribution in [3.8, 4) is 0 Å². The predicted octanol–water partition coefficient (Wildman–Crippen LogP) is 5.23. The number of nitrogens with one attached hydrogen (secondary N) is 1. The van der Waals surface area contributed by atoms with Crippen molar-refractivity contribution in [2.24, 2.45) is 0 Å². The van der Waals surface area contributed by atoms with Gasteiger partial charge in [0.2, 0.25) is 0 Å². The monoisotopic (exact) mass is 479 g/mol. The first kappa shape index (κ1) is 22.9. The molecular weight excluding hydrogens is 461 g/mol. The average molecular weight is 480 g/mol. The minimum Gasteiger partial charge on any atom is -0.359 e. The molecular formula is C21H19Cl2N3O4S. The van der Waals surface area contributed by atoms with Crippen molar-refractivity contribution in [3.05, 3.63) is 82.2 Å². The van der Waals surface area contributed by atoms with E-state index in [1.807, 2.05) is 0 Å². The SMILES string of the molecule is C=CCN(c1ccc(Cl)cc1)S(=O)(=O)c1ccc(Cl)c(C(=O)Nc2c(C)noc2C)c1. The number of aryl methyl sites for hydroxylation is 2. The van der Waals surface area contributed by atoms with E-state index in [4.69, 9.17) is 27.7 Å². The third-order valence-electron chi connectivity index (χ3n) is 4.45. The summed E-state index contributed by atoms with van der Waals surface area (Å²) < 4.78 is 32.9. The summed E-state index contributed by atoms with van der Waals surface area (Å²) in [5, 5.41) is 7.03. The van der Waals surface area contributed by atoms with Gasteiger partial charge < -0.3 is 9.84 Å². The van der Waals surface area contributed by atoms with Gasteiger partial charge in [-0.1, -0.05) is 34.4 Å². The lowest BCUT2D eigenvalue weighted by Gasteiger charge is -2.23. The number of hydrogen-bond donors (Lipinski definition) is 1. The number of anilines is 2. The number of aromatic nitrogens is 1. The number of hydrogen-bond acceptors (Lipinski definition) is 5. The van der Waals surface area contributed by atoms with Crippen molar-refractivity contribution in [1.29, 1.82) is 0 Å². The summed E-state index contributed by atoms with van der Waals surface area (Å²) in [5.41, 5.74) is 1.30. The quantitative estimate of drug-likeness (QED) is 0.468. The molecule has 3 aromatic rings. The lowest BCUT2D eigenvalue weighted by atomic mass is 10.2. The Hall–Kier alpha value is -2.81. The fraction of sp³-hybridized carbons (Fsp3) is 0.143. The molecule has 0 bridgehead atoms. The molecule has 0 aliphatic heterocycles. The first-order valence-corrected chi connectivity index (χ1v) is 11.3. The molecule has 162 valence electrons. The van der Waals surface area contributed by atoms with E-state index in [0.717, 1.165) is 4.31 Å². The van der Waals surface area contributed by atoms with Crippen LogP contribution >= 0.6 is 23.2 Å². The van der Waals surface area contributed by atoms with Crippen LogP contribution in [0.3, 0.4) is 0 Å². The zero-order chi connectivity index (χ0) is 22.8. The van der Waals surface area contributed by atoms with Crippen LogP contribution in [-0.4, -0.2) is 26.0 Å². The second-order valence-corrected chi connectivity index (χ2v) is 9.30. The van der Waals surface area contributed by atoms with Gasteiger partial charge in [0.15, 0.2) is 5.76 Å². The number of sulfonamides is 1. The molecule has 31 heavy (non-hydrogen) atoms. The number of rotatable bonds is 7. The Labute approximate surface area is 190 Å². The Kier molecular flexibility index (Phi) is 6.74. The van der Waals surface area contributed by atoms with Crippen molar-refractivity contribution < 1.29 is 17.7 Å². The number of carbonyl (C=O) groups is 1. The van der Waals surface area contributed by atoms with Crippen molar-refractivity contribution in [2.45, 2.75) is 18.7 Å². The van der Waals surface area contributed by atoms with Crippen LogP contribution in [0.15, 0.2) is 64.5 Å². The number of benzene rings is 2. The van der Waals surface area contributed by atoms with Crippen LogP contribution in [0.5, 0.6) is 0 Å². The maximum Gasteiger partial charge on any atom is 0.264 e. The molecule has 3 rings (SSSR count). The Morgan fingerprint density at radius 2 is 1.87 bits per heavy atom. The van der Waals surface area contributed by atoms with Crippen LogP contribution < -0.4 is 9.62 Å². The second kappa shape index (κ2) is 9.13. The lowest BCUT2D eigenvalue weighted by Crippen LogP contribution is -2.31. The van der Waals surface area contributed by atoms with Crippen LogP contribution in [0.2, 0.25) is 10.0 Å². The van der Waals surface area contributed by atoms with Crippen molar-refractivity contribution in [2.75, 3.05) is 16.2 Å². The topological polar surface area (TPSA) is 92.5 Å². The zero-order valence-corrected chi connectivity index (χ0v) is 19.1. The Morgan fingerprint density at radius 3 is 2.45 bits per heavy atom. The predicted molar refractivity (Wildman–Crippen MR) is 122 cm³/mol. The Balaban J connectivity index is 2.00. The van der Waals surface area contributed by atoms with E-state index in [-0.39, 0.29) is 22.0 Å². The normalized spacial score (nSPS) is 11.2. The molecule has 0 unspecified atom stereocenters. The van der Waals surface area contributed by atoms with Crippen molar-refractivity contribution in [1.82, 2.24) is 5.16 Å². The van der Waals surface area contributed by atoms with Gasteiger partial charge in [-0.25, -0.2) is 8.42 Å². The molecule has 10 heteroatoms. The van der Waals surface area contributed by atoms with E-state index in [0.29, 0.717) is 27.9 Å². The molecule has 1 N–H and O–H groups in total. The third-order valence-corrected chi connectivity index (χ3v) is 6.82. The maximum atomic E-state index is 13.4.